The van der Waals surface area contributed by atoms with Crippen molar-refractivity contribution in [3.05, 3.63) is 0 Å². The average Bonchev–Trinajstić information content (AvgIpc) is 2.03. The van der Waals surface area contributed by atoms with Crippen molar-refractivity contribution in [2.45, 2.75) is 6.92 Å². The highest BCUT2D eigenvalue weighted by molar-refractivity contribution is 4.23. The molecule has 0 aromatic rings. The number of methoxy groups -OCH3 is 1. The van der Waals surface area contributed by atoms with Crippen molar-refractivity contribution in [1.82, 2.24) is 0 Å². The second-order valence-electron chi connectivity index (χ2n) is 1.83. The maximum absolute atomic E-state index is 5.03. The van der Waals surface area contributed by atoms with Crippen LogP contribution in [0.1, 0.15) is 6.92 Å². The SMILES string of the molecule is CCOCCOCOCOC. The monoisotopic (exact) mass is 164 g/mol. The van der Waals surface area contributed by atoms with E-state index in [0.29, 0.717) is 13.2 Å². The van der Waals surface area contributed by atoms with E-state index in [1.165, 1.54) is 0 Å². The summed E-state index contributed by atoms with van der Waals surface area (Å²) in [7, 11) is 1.57. The first-order valence-electron chi connectivity index (χ1n) is 3.64. The van der Waals surface area contributed by atoms with Crippen LogP contribution in [-0.2, 0) is 18.9 Å². The van der Waals surface area contributed by atoms with E-state index in [2.05, 4.69) is 4.74 Å². The first-order chi connectivity index (χ1) is 5.41. The highest BCUT2D eigenvalue weighted by atomic mass is 16.7. The van der Waals surface area contributed by atoms with Gasteiger partial charge in [-0.3, -0.25) is 0 Å². The van der Waals surface area contributed by atoms with E-state index < -0.39 is 0 Å². The maximum atomic E-state index is 5.03. The summed E-state index contributed by atoms with van der Waals surface area (Å²) in [5.41, 5.74) is 0. The molecule has 0 rings (SSSR count). The van der Waals surface area contributed by atoms with Crippen molar-refractivity contribution >= 4 is 0 Å². The Morgan fingerprint density at radius 3 is 2.27 bits per heavy atom. The molecule has 0 saturated carbocycles. The van der Waals surface area contributed by atoms with Gasteiger partial charge in [0.25, 0.3) is 0 Å². The topological polar surface area (TPSA) is 36.9 Å². The van der Waals surface area contributed by atoms with Crippen molar-refractivity contribution in [3.63, 3.8) is 0 Å². The lowest BCUT2D eigenvalue weighted by Gasteiger charge is -2.04. The molecule has 0 bridgehead atoms. The Morgan fingerprint density at radius 1 is 0.909 bits per heavy atom. The van der Waals surface area contributed by atoms with Crippen LogP contribution in [0.2, 0.25) is 0 Å². The van der Waals surface area contributed by atoms with Gasteiger partial charge in [-0.05, 0) is 6.92 Å². The Hall–Kier alpha value is -0.160. The van der Waals surface area contributed by atoms with Crippen molar-refractivity contribution in [3.8, 4) is 0 Å². The third-order valence-electron chi connectivity index (χ3n) is 0.944. The number of ether oxygens (including phenoxy) is 4. The lowest BCUT2D eigenvalue weighted by molar-refractivity contribution is -0.126. The zero-order valence-electron chi connectivity index (χ0n) is 7.17. The Kier molecular flexibility index (Phi) is 9.70. The molecule has 0 aliphatic carbocycles. The maximum Gasteiger partial charge on any atom is 0.149 e. The van der Waals surface area contributed by atoms with Gasteiger partial charge in [-0.25, -0.2) is 0 Å². The van der Waals surface area contributed by atoms with Gasteiger partial charge in [0.15, 0.2) is 0 Å². The first kappa shape index (κ1) is 10.8. The Labute approximate surface area is 67.4 Å². The molecule has 0 radical (unpaired) electrons. The summed E-state index contributed by atoms with van der Waals surface area (Å²) in [5, 5.41) is 0. The lowest BCUT2D eigenvalue weighted by atomic mass is 10.7. The second kappa shape index (κ2) is 9.84. The second-order valence-corrected chi connectivity index (χ2v) is 1.83. The van der Waals surface area contributed by atoms with Crippen LogP contribution in [0.5, 0.6) is 0 Å². The summed E-state index contributed by atoms with van der Waals surface area (Å²) < 4.78 is 19.5. The van der Waals surface area contributed by atoms with Crippen molar-refractivity contribution in [2.75, 3.05) is 40.5 Å². The zero-order chi connectivity index (χ0) is 8.36. The molecule has 0 spiro atoms. The molecule has 0 aliphatic rings. The molecule has 0 saturated heterocycles. The Balaban J connectivity index is 2.69. The minimum Gasteiger partial charge on any atom is -0.379 e. The van der Waals surface area contributed by atoms with Gasteiger partial charge < -0.3 is 18.9 Å². The highest BCUT2D eigenvalue weighted by Crippen LogP contribution is 1.80. The molecule has 0 amide bonds. The fourth-order valence-corrected chi connectivity index (χ4v) is 0.497. The average molecular weight is 164 g/mol. The summed E-state index contributed by atoms with van der Waals surface area (Å²) in [5.74, 6) is 0. The first-order valence-corrected chi connectivity index (χ1v) is 3.64. The Morgan fingerprint density at radius 2 is 1.64 bits per heavy atom. The number of rotatable bonds is 8. The van der Waals surface area contributed by atoms with Crippen LogP contribution in [0.3, 0.4) is 0 Å². The highest BCUT2D eigenvalue weighted by Gasteiger charge is 1.86. The molecule has 0 heterocycles. The van der Waals surface area contributed by atoms with E-state index in [9.17, 15) is 0 Å². The fourth-order valence-electron chi connectivity index (χ4n) is 0.497. The van der Waals surface area contributed by atoms with E-state index in [-0.39, 0.29) is 13.6 Å². The molecule has 11 heavy (non-hydrogen) atoms. The van der Waals surface area contributed by atoms with E-state index >= 15 is 0 Å². The van der Waals surface area contributed by atoms with Crippen LogP contribution in [0, 0.1) is 0 Å². The molecule has 0 unspecified atom stereocenters. The summed E-state index contributed by atoms with van der Waals surface area (Å²) in [6.45, 7) is 4.39. The van der Waals surface area contributed by atoms with E-state index in [1.54, 1.807) is 7.11 Å². The minimum absolute atomic E-state index is 0.265. The smallest absolute Gasteiger partial charge is 0.149 e. The molecule has 0 aromatic heterocycles. The standard InChI is InChI=1S/C7H16O4/c1-3-9-4-5-10-7-11-6-8-2/h3-7H2,1-2H3. The Bertz CT molecular complexity index is 59.5. The van der Waals surface area contributed by atoms with Gasteiger partial charge >= 0.3 is 0 Å². The zero-order valence-corrected chi connectivity index (χ0v) is 7.17. The predicted molar refractivity (Wildman–Crippen MR) is 40.3 cm³/mol. The van der Waals surface area contributed by atoms with Crippen molar-refractivity contribution in [2.24, 2.45) is 0 Å². The van der Waals surface area contributed by atoms with E-state index in [4.69, 9.17) is 14.2 Å². The molecule has 0 aliphatic heterocycles. The minimum atomic E-state index is 0.265. The molecule has 4 heteroatoms. The van der Waals surface area contributed by atoms with Crippen LogP contribution in [0.4, 0.5) is 0 Å². The summed E-state index contributed by atoms with van der Waals surface area (Å²) in [6, 6.07) is 0. The van der Waals surface area contributed by atoms with Gasteiger partial charge in [-0.15, -0.1) is 0 Å². The van der Waals surface area contributed by atoms with Crippen molar-refractivity contribution < 1.29 is 18.9 Å². The fraction of sp³-hybridized carbons (Fsp3) is 1.00. The number of hydrogen-bond acceptors (Lipinski definition) is 4. The molecular weight excluding hydrogens is 148 g/mol. The lowest BCUT2D eigenvalue weighted by Crippen LogP contribution is -2.08. The molecule has 68 valence electrons. The van der Waals surface area contributed by atoms with Crippen LogP contribution in [0.15, 0.2) is 0 Å². The summed E-state index contributed by atoms with van der Waals surface area (Å²) in [6.07, 6.45) is 0. The van der Waals surface area contributed by atoms with E-state index in [0.717, 1.165) is 6.61 Å². The van der Waals surface area contributed by atoms with Gasteiger partial charge in [0.05, 0.1) is 13.2 Å². The molecule has 4 nitrogen and oxygen atoms in total. The normalized spacial score (nSPS) is 10.4. The van der Waals surface area contributed by atoms with Gasteiger partial charge in [0.2, 0.25) is 0 Å². The summed E-state index contributed by atoms with van der Waals surface area (Å²) >= 11 is 0. The van der Waals surface area contributed by atoms with Gasteiger partial charge in [0.1, 0.15) is 13.6 Å². The van der Waals surface area contributed by atoms with Gasteiger partial charge in [-0.2, -0.15) is 0 Å². The molecule has 0 N–H and O–H groups in total. The predicted octanol–water partition coefficient (Wildman–Crippen LogP) is 0.617. The van der Waals surface area contributed by atoms with Crippen molar-refractivity contribution in [1.29, 1.82) is 0 Å². The molecule has 0 fully saturated rings. The van der Waals surface area contributed by atoms with Crippen LogP contribution in [0.25, 0.3) is 0 Å². The van der Waals surface area contributed by atoms with Crippen LogP contribution in [-0.4, -0.2) is 40.5 Å². The largest absolute Gasteiger partial charge is 0.379 e. The van der Waals surface area contributed by atoms with Crippen LogP contribution >= 0.6 is 0 Å². The molecule has 0 atom stereocenters. The summed E-state index contributed by atoms with van der Waals surface area (Å²) in [4.78, 5) is 0. The third kappa shape index (κ3) is 9.84. The van der Waals surface area contributed by atoms with E-state index in [1.807, 2.05) is 6.92 Å². The number of hydrogen-bond donors (Lipinski definition) is 0. The quantitative estimate of drug-likeness (QED) is 0.389. The third-order valence-corrected chi connectivity index (χ3v) is 0.944. The van der Waals surface area contributed by atoms with Gasteiger partial charge in [-0.1, -0.05) is 0 Å². The van der Waals surface area contributed by atoms with Gasteiger partial charge in [0, 0.05) is 13.7 Å². The molecule has 0 aromatic carbocycles. The van der Waals surface area contributed by atoms with Crippen LogP contribution < -0.4 is 0 Å². The molecular formula is C7H16O4.